The van der Waals surface area contributed by atoms with Gasteiger partial charge in [-0.15, -0.1) is 0 Å². The van der Waals surface area contributed by atoms with E-state index in [1.54, 1.807) is 6.07 Å². The van der Waals surface area contributed by atoms with Gasteiger partial charge in [-0.1, -0.05) is 0 Å². The van der Waals surface area contributed by atoms with Gasteiger partial charge < -0.3 is 25.5 Å². The third-order valence-electron chi connectivity index (χ3n) is 2.42. The van der Waals surface area contributed by atoms with E-state index in [1.165, 1.54) is 13.8 Å². The molecule has 0 aliphatic carbocycles. The maximum atomic E-state index is 11.6. The lowest BCUT2D eigenvalue weighted by atomic mass is 9.84. The van der Waals surface area contributed by atoms with Crippen LogP contribution >= 0.6 is 0 Å². The third kappa shape index (κ3) is 3.73. The normalized spacial score (nSPS) is 18.9. The SMILES string of the molecule is CC(C)(C#N)C(=O)[C@H](O)[C@@H](O)[C@H](O)[C@H](O)CO. The quantitative estimate of drug-likeness (QED) is 0.350. The summed E-state index contributed by atoms with van der Waals surface area (Å²) in [6.45, 7) is 1.67. The second kappa shape index (κ2) is 6.05. The Morgan fingerprint density at radius 3 is 2.06 bits per heavy atom. The van der Waals surface area contributed by atoms with E-state index in [9.17, 15) is 20.1 Å². The summed E-state index contributed by atoms with van der Waals surface area (Å²) in [4.78, 5) is 11.6. The highest BCUT2D eigenvalue weighted by molar-refractivity contribution is 5.90. The molecule has 0 aromatic carbocycles. The van der Waals surface area contributed by atoms with Gasteiger partial charge in [0.2, 0.25) is 0 Å². The van der Waals surface area contributed by atoms with Crippen LogP contribution in [0.25, 0.3) is 0 Å². The van der Waals surface area contributed by atoms with Crippen molar-refractivity contribution >= 4 is 5.78 Å². The summed E-state index contributed by atoms with van der Waals surface area (Å²) in [6, 6.07) is 1.64. The van der Waals surface area contributed by atoms with Gasteiger partial charge in [0.1, 0.15) is 29.8 Å². The zero-order valence-corrected chi connectivity index (χ0v) is 9.61. The van der Waals surface area contributed by atoms with Crippen LogP contribution in [0.5, 0.6) is 0 Å². The number of carbonyl (C=O) groups is 1. The molecule has 0 bridgehead atoms. The number of carbonyl (C=O) groups excluding carboxylic acids is 1. The van der Waals surface area contributed by atoms with Crippen molar-refractivity contribution in [2.75, 3.05) is 6.61 Å². The number of ketones is 1. The monoisotopic (exact) mass is 247 g/mol. The molecule has 4 atom stereocenters. The summed E-state index contributed by atoms with van der Waals surface area (Å²) >= 11 is 0. The Labute approximate surface area is 98.5 Å². The molecule has 0 saturated heterocycles. The van der Waals surface area contributed by atoms with Crippen molar-refractivity contribution in [3.63, 3.8) is 0 Å². The lowest BCUT2D eigenvalue weighted by Gasteiger charge is -2.27. The number of aliphatic hydroxyl groups is 5. The van der Waals surface area contributed by atoms with Crippen molar-refractivity contribution in [3.05, 3.63) is 0 Å². The zero-order valence-electron chi connectivity index (χ0n) is 9.61. The molecule has 0 rings (SSSR count). The van der Waals surface area contributed by atoms with Crippen LogP contribution in [0.4, 0.5) is 0 Å². The van der Waals surface area contributed by atoms with Crippen LogP contribution in [0.15, 0.2) is 0 Å². The van der Waals surface area contributed by atoms with Gasteiger partial charge in [0, 0.05) is 0 Å². The summed E-state index contributed by atoms with van der Waals surface area (Å²) in [6.07, 6.45) is -7.55. The number of nitrogens with zero attached hydrogens (tertiary/aromatic N) is 1. The third-order valence-corrected chi connectivity index (χ3v) is 2.42. The van der Waals surface area contributed by atoms with E-state index in [0.29, 0.717) is 0 Å². The van der Waals surface area contributed by atoms with Gasteiger partial charge in [-0.05, 0) is 13.8 Å². The summed E-state index contributed by atoms with van der Waals surface area (Å²) in [5.74, 6) is -0.975. The van der Waals surface area contributed by atoms with Crippen molar-refractivity contribution in [3.8, 4) is 6.07 Å². The molecule has 0 aliphatic heterocycles. The Bertz CT molecular complexity index is 310. The summed E-state index contributed by atoms with van der Waals surface area (Å²) in [5.41, 5.74) is -1.52. The van der Waals surface area contributed by atoms with Crippen molar-refractivity contribution in [2.24, 2.45) is 5.41 Å². The predicted octanol–water partition coefficient (Wildman–Crippen LogP) is -2.46. The Balaban J connectivity index is 4.78. The van der Waals surface area contributed by atoms with E-state index in [1.807, 2.05) is 0 Å². The molecule has 98 valence electrons. The van der Waals surface area contributed by atoms with Gasteiger partial charge in [0.15, 0.2) is 5.78 Å². The van der Waals surface area contributed by atoms with Crippen LogP contribution < -0.4 is 0 Å². The molecule has 0 fully saturated rings. The second-order valence-corrected chi connectivity index (χ2v) is 4.28. The second-order valence-electron chi connectivity index (χ2n) is 4.28. The number of aliphatic hydroxyl groups excluding tert-OH is 5. The van der Waals surface area contributed by atoms with Crippen molar-refractivity contribution in [2.45, 2.75) is 38.3 Å². The topological polar surface area (TPSA) is 142 Å². The fraction of sp³-hybridized carbons (Fsp3) is 0.800. The van der Waals surface area contributed by atoms with Gasteiger partial charge in [0.25, 0.3) is 0 Å². The molecule has 5 N–H and O–H groups in total. The smallest absolute Gasteiger partial charge is 0.183 e. The predicted molar refractivity (Wildman–Crippen MR) is 55.5 cm³/mol. The first-order valence-corrected chi connectivity index (χ1v) is 4.97. The molecular weight excluding hydrogens is 230 g/mol. The van der Waals surface area contributed by atoms with E-state index in [-0.39, 0.29) is 0 Å². The van der Waals surface area contributed by atoms with E-state index in [0.717, 1.165) is 0 Å². The van der Waals surface area contributed by atoms with E-state index in [4.69, 9.17) is 15.5 Å². The van der Waals surface area contributed by atoms with Crippen LogP contribution in [-0.2, 0) is 4.79 Å². The molecule has 0 heterocycles. The maximum absolute atomic E-state index is 11.6. The highest BCUT2D eigenvalue weighted by atomic mass is 16.4. The van der Waals surface area contributed by atoms with Gasteiger partial charge in [-0.2, -0.15) is 5.26 Å². The highest BCUT2D eigenvalue weighted by Gasteiger charge is 2.40. The number of hydrogen-bond acceptors (Lipinski definition) is 7. The van der Waals surface area contributed by atoms with Crippen LogP contribution in [0.2, 0.25) is 0 Å². The molecule has 7 heteroatoms. The standard InChI is InChI=1S/C10H17NO6/c1-10(2,4-11)9(17)8(16)7(15)6(14)5(13)3-12/h5-8,12-16H,3H2,1-2H3/t5-,6-,7+,8-/m1/s1. The first kappa shape index (κ1) is 16.0. The minimum atomic E-state index is -2.01. The van der Waals surface area contributed by atoms with Crippen molar-refractivity contribution < 1.29 is 30.3 Å². The van der Waals surface area contributed by atoms with Gasteiger partial charge in [-0.25, -0.2) is 0 Å². The summed E-state index contributed by atoms with van der Waals surface area (Å²) in [5, 5.41) is 54.4. The van der Waals surface area contributed by atoms with E-state index < -0.39 is 42.2 Å². The molecule has 0 aliphatic rings. The maximum Gasteiger partial charge on any atom is 0.183 e. The minimum Gasteiger partial charge on any atom is -0.394 e. The molecule has 7 nitrogen and oxygen atoms in total. The first-order chi connectivity index (χ1) is 7.68. The number of hydrogen-bond donors (Lipinski definition) is 5. The molecule has 0 radical (unpaired) electrons. The number of rotatable bonds is 6. The largest absolute Gasteiger partial charge is 0.394 e. The van der Waals surface area contributed by atoms with Crippen molar-refractivity contribution in [1.29, 1.82) is 5.26 Å². The van der Waals surface area contributed by atoms with Crippen LogP contribution in [0.3, 0.4) is 0 Å². The van der Waals surface area contributed by atoms with Gasteiger partial charge >= 0.3 is 0 Å². The van der Waals surface area contributed by atoms with Crippen LogP contribution in [0, 0.1) is 16.7 Å². The van der Waals surface area contributed by atoms with Crippen LogP contribution in [0.1, 0.15) is 13.8 Å². The minimum absolute atomic E-state index is 0.833. The van der Waals surface area contributed by atoms with E-state index in [2.05, 4.69) is 0 Å². The lowest BCUT2D eigenvalue weighted by Crippen LogP contribution is -2.51. The molecule has 0 aromatic heterocycles. The van der Waals surface area contributed by atoms with Crippen molar-refractivity contribution in [1.82, 2.24) is 0 Å². The van der Waals surface area contributed by atoms with Crippen LogP contribution in [-0.4, -0.2) is 62.3 Å². The number of Topliss-reactive ketones (excluding diaryl/α,β-unsaturated/α-hetero) is 1. The summed E-state index contributed by atoms with van der Waals surface area (Å²) in [7, 11) is 0. The molecule has 0 aromatic rings. The van der Waals surface area contributed by atoms with Gasteiger partial charge in [0.05, 0.1) is 12.7 Å². The zero-order chi connectivity index (χ0) is 13.8. The Hall–Kier alpha value is -1.04. The Morgan fingerprint density at radius 1 is 1.24 bits per heavy atom. The molecule has 0 unspecified atom stereocenters. The fourth-order valence-corrected chi connectivity index (χ4v) is 1.10. The average Bonchev–Trinajstić information content (AvgIpc) is 2.33. The molecular formula is C10H17NO6. The Kier molecular flexibility index (Phi) is 5.68. The Morgan fingerprint density at radius 2 is 1.71 bits per heavy atom. The fourth-order valence-electron chi connectivity index (χ4n) is 1.10. The highest BCUT2D eigenvalue weighted by Crippen LogP contribution is 2.19. The number of nitriles is 1. The average molecular weight is 247 g/mol. The molecule has 0 saturated carbocycles. The summed E-state index contributed by atoms with van der Waals surface area (Å²) < 4.78 is 0. The van der Waals surface area contributed by atoms with Gasteiger partial charge in [-0.3, -0.25) is 4.79 Å². The molecule has 17 heavy (non-hydrogen) atoms. The van der Waals surface area contributed by atoms with E-state index >= 15 is 0 Å². The lowest BCUT2D eigenvalue weighted by molar-refractivity contribution is -0.152. The molecule has 0 amide bonds. The molecule has 0 spiro atoms. The first-order valence-electron chi connectivity index (χ1n) is 4.97.